The molecule has 0 bridgehead atoms. The van der Waals surface area contributed by atoms with Crippen LogP contribution < -0.4 is 0 Å². The zero-order chi connectivity index (χ0) is 19.5. The van der Waals surface area contributed by atoms with Crippen LogP contribution in [0.3, 0.4) is 0 Å². The highest BCUT2D eigenvalue weighted by molar-refractivity contribution is 7.25. The third-order valence-corrected chi connectivity index (χ3v) is 7.27. The Morgan fingerprint density at radius 2 is 1.07 bits per heavy atom. The largest absolute Gasteiger partial charge is 0.135 e. The second-order valence-electron chi connectivity index (χ2n) is 7.90. The Morgan fingerprint density at radius 3 is 1.72 bits per heavy atom. The van der Waals surface area contributed by atoms with E-state index in [9.17, 15) is 0 Å². The maximum absolute atomic E-state index is 2.40. The van der Waals surface area contributed by atoms with Crippen molar-refractivity contribution < 1.29 is 0 Å². The molecule has 0 atom stereocenters. The van der Waals surface area contributed by atoms with Crippen molar-refractivity contribution in [1.29, 1.82) is 0 Å². The molecule has 0 aliphatic heterocycles. The van der Waals surface area contributed by atoms with Gasteiger partial charge in [0.2, 0.25) is 0 Å². The molecule has 0 radical (unpaired) electrons. The molecular formula is C28H20S. The number of aryl methyl sites for hydroxylation is 2. The molecule has 5 aromatic carbocycles. The summed E-state index contributed by atoms with van der Waals surface area (Å²) in [6.07, 6.45) is 0. The molecule has 0 saturated carbocycles. The van der Waals surface area contributed by atoms with Crippen LogP contribution in [0.1, 0.15) is 11.1 Å². The Bertz CT molecular complexity index is 1510. The zero-order valence-corrected chi connectivity index (χ0v) is 17.3. The first-order valence-electron chi connectivity index (χ1n) is 10.0. The molecule has 1 heterocycles. The standard InChI is InChI=1S/C28H20S/c1-17-11-13-26-24(15-17)25-16-19(12-14-27(25)29-26)28-22-9-5-3-7-20(22)18(2)21-8-4-6-10-23(21)28/h3-16H,1-2H3. The van der Waals surface area contributed by atoms with E-state index in [1.807, 2.05) is 11.3 Å². The molecule has 0 aliphatic carbocycles. The smallest absolute Gasteiger partial charge is 0.0355 e. The Labute approximate surface area is 174 Å². The number of benzene rings is 5. The third-order valence-electron chi connectivity index (χ3n) is 6.11. The second-order valence-corrected chi connectivity index (χ2v) is 8.99. The van der Waals surface area contributed by atoms with Crippen molar-refractivity contribution in [2.45, 2.75) is 13.8 Å². The van der Waals surface area contributed by atoms with Gasteiger partial charge in [0.1, 0.15) is 0 Å². The van der Waals surface area contributed by atoms with Crippen LogP contribution in [-0.2, 0) is 0 Å². The van der Waals surface area contributed by atoms with E-state index in [0.29, 0.717) is 0 Å². The highest BCUT2D eigenvalue weighted by Gasteiger charge is 2.14. The van der Waals surface area contributed by atoms with E-state index in [1.54, 1.807) is 0 Å². The molecule has 0 amide bonds. The van der Waals surface area contributed by atoms with Gasteiger partial charge in [0.05, 0.1) is 0 Å². The number of hydrogen-bond donors (Lipinski definition) is 0. The highest BCUT2D eigenvalue weighted by atomic mass is 32.1. The van der Waals surface area contributed by atoms with Crippen LogP contribution in [0, 0.1) is 13.8 Å². The Morgan fingerprint density at radius 1 is 0.517 bits per heavy atom. The van der Waals surface area contributed by atoms with Gasteiger partial charge in [-0.2, -0.15) is 0 Å². The second kappa shape index (κ2) is 6.17. The SMILES string of the molecule is Cc1ccc2sc3ccc(-c4c5ccccc5c(C)c5ccccc45)cc3c2c1. The van der Waals surface area contributed by atoms with Gasteiger partial charge in [0.25, 0.3) is 0 Å². The van der Waals surface area contributed by atoms with E-state index >= 15 is 0 Å². The predicted molar refractivity (Wildman–Crippen MR) is 129 cm³/mol. The van der Waals surface area contributed by atoms with E-state index in [4.69, 9.17) is 0 Å². The molecule has 6 aromatic rings. The normalized spacial score (nSPS) is 11.8. The molecule has 29 heavy (non-hydrogen) atoms. The van der Waals surface area contributed by atoms with Gasteiger partial charge in [-0.25, -0.2) is 0 Å². The van der Waals surface area contributed by atoms with Gasteiger partial charge in [-0.1, -0.05) is 66.2 Å². The molecule has 6 rings (SSSR count). The highest BCUT2D eigenvalue weighted by Crippen LogP contribution is 2.42. The Balaban J connectivity index is 1.77. The summed E-state index contributed by atoms with van der Waals surface area (Å²) < 4.78 is 2.72. The molecule has 0 aliphatic rings. The maximum Gasteiger partial charge on any atom is 0.0355 e. The van der Waals surface area contributed by atoms with Gasteiger partial charge in [-0.3, -0.25) is 0 Å². The summed E-state index contributed by atoms with van der Waals surface area (Å²) in [6.45, 7) is 4.42. The van der Waals surface area contributed by atoms with Crippen molar-refractivity contribution in [2.75, 3.05) is 0 Å². The van der Waals surface area contributed by atoms with E-state index in [2.05, 4.69) is 98.8 Å². The van der Waals surface area contributed by atoms with Gasteiger partial charge in [0, 0.05) is 20.2 Å². The van der Waals surface area contributed by atoms with Crippen molar-refractivity contribution in [2.24, 2.45) is 0 Å². The van der Waals surface area contributed by atoms with E-state index in [0.717, 1.165) is 0 Å². The van der Waals surface area contributed by atoms with Crippen molar-refractivity contribution in [3.63, 3.8) is 0 Å². The summed E-state index contributed by atoms with van der Waals surface area (Å²) in [4.78, 5) is 0. The molecule has 1 aromatic heterocycles. The third kappa shape index (κ3) is 2.44. The van der Waals surface area contributed by atoms with Crippen LogP contribution in [-0.4, -0.2) is 0 Å². The average molecular weight is 389 g/mol. The summed E-state index contributed by atoms with van der Waals surface area (Å²) >= 11 is 1.88. The molecule has 138 valence electrons. The molecule has 0 saturated heterocycles. The van der Waals surface area contributed by atoms with Crippen LogP contribution >= 0.6 is 11.3 Å². The molecule has 1 heteroatoms. The molecule has 0 unspecified atom stereocenters. The Hall–Kier alpha value is -3.16. The lowest BCUT2D eigenvalue weighted by molar-refractivity contribution is 1.52. The first-order valence-corrected chi connectivity index (χ1v) is 10.9. The van der Waals surface area contributed by atoms with Crippen molar-refractivity contribution in [1.82, 2.24) is 0 Å². The van der Waals surface area contributed by atoms with Gasteiger partial charge in [-0.15, -0.1) is 11.3 Å². The monoisotopic (exact) mass is 388 g/mol. The summed E-state index contributed by atoms with van der Waals surface area (Å²) in [5.74, 6) is 0. The maximum atomic E-state index is 2.40. The van der Waals surface area contributed by atoms with Crippen molar-refractivity contribution in [3.8, 4) is 11.1 Å². The molecular weight excluding hydrogens is 368 g/mol. The first kappa shape index (κ1) is 16.8. The lowest BCUT2D eigenvalue weighted by Crippen LogP contribution is -1.89. The van der Waals surface area contributed by atoms with Crippen LogP contribution in [0.4, 0.5) is 0 Å². The van der Waals surface area contributed by atoms with Crippen LogP contribution in [0.15, 0.2) is 84.9 Å². The average Bonchev–Trinajstić information content (AvgIpc) is 3.11. The van der Waals surface area contributed by atoms with Gasteiger partial charge in [0.15, 0.2) is 0 Å². The molecule has 0 spiro atoms. The van der Waals surface area contributed by atoms with Gasteiger partial charge < -0.3 is 0 Å². The minimum atomic E-state index is 1.30. The van der Waals surface area contributed by atoms with Crippen LogP contribution in [0.25, 0.3) is 52.8 Å². The molecule has 0 nitrogen and oxygen atoms in total. The summed E-state index contributed by atoms with van der Waals surface area (Å²) in [5.41, 5.74) is 5.31. The Kier molecular flexibility index (Phi) is 3.57. The van der Waals surface area contributed by atoms with Crippen molar-refractivity contribution >= 4 is 53.1 Å². The minimum absolute atomic E-state index is 1.30. The number of fused-ring (bicyclic) bond motifs is 5. The van der Waals surface area contributed by atoms with Gasteiger partial charge in [-0.05, 0) is 76.3 Å². The number of thiophene rings is 1. The number of rotatable bonds is 1. The molecule has 0 N–H and O–H groups in total. The fourth-order valence-electron chi connectivity index (χ4n) is 4.70. The van der Waals surface area contributed by atoms with Gasteiger partial charge >= 0.3 is 0 Å². The van der Waals surface area contributed by atoms with Crippen LogP contribution in [0.5, 0.6) is 0 Å². The lowest BCUT2D eigenvalue weighted by Gasteiger charge is -2.15. The fourth-order valence-corrected chi connectivity index (χ4v) is 5.77. The summed E-state index contributed by atoms with van der Waals surface area (Å²) in [5, 5.41) is 8.07. The van der Waals surface area contributed by atoms with E-state index < -0.39 is 0 Å². The molecule has 0 fully saturated rings. The number of hydrogen-bond acceptors (Lipinski definition) is 1. The summed E-state index contributed by atoms with van der Waals surface area (Å²) in [6, 6.07) is 31.4. The lowest BCUT2D eigenvalue weighted by atomic mass is 9.88. The van der Waals surface area contributed by atoms with E-state index in [1.165, 1.54) is 64.0 Å². The topological polar surface area (TPSA) is 0 Å². The predicted octanol–water partition coefficient (Wildman–Crippen LogP) is 8.64. The quantitative estimate of drug-likeness (QED) is 0.247. The first-order chi connectivity index (χ1) is 14.2. The minimum Gasteiger partial charge on any atom is -0.135 e. The van der Waals surface area contributed by atoms with Crippen molar-refractivity contribution in [3.05, 3.63) is 96.1 Å². The summed E-state index contributed by atoms with van der Waals surface area (Å²) in [7, 11) is 0. The fraction of sp³-hybridized carbons (Fsp3) is 0.0714. The zero-order valence-electron chi connectivity index (χ0n) is 16.5. The van der Waals surface area contributed by atoms with E-state index in [-0.39, 0.29) is 0 Å². The van der Waals surface area contributed by atoms with Crippen LogP contribution in [0.2, 0.25) is 0 Å².